The molecule has 76 valence electrons. The second-order valence-corrected chi connectivity index (χ2v) is 4.59. The molecule has 0 aliphatic carbocycles. The summed E-state index contributed by atoms with van der Waals surface area (Å²) in [5, 5.41) is 0. The Hall–Kier alpha value is -0.490. The SMILES string of the molecule is Nc1cc(I)cc(N2CCOCC2)c1. The maximum atomic E-state index is 5.80. The van der Waals surface area contributed by atoms with Crippen molar-refractivity contribution in [1.82, 2.24) is 0 Å². The number of morpholine rings is 1. The van der Waals surface area contributed by atoms with E-state index >= 15 is 0 Å². The molecule has 0 saturated carbocycles. The molecule has 0 radical (unpaired) electrons. The Labute approximate surface area is 97.4 Å². The molecule has 1 aromatic rings. The minimum absolute atomic E-state index is 0.811. The highest BCUT2D eigenvalue weighted by atomic mass is 127. The lowest BCUT2D eigenvalue weighted by Gasteiger charge is -2.29. The normalized spacial score (nSPS) is 17.1. The van der Waals surface area contributed by atoms with E-state index in [-0.39, 0.29) is 0 Å². The van der Waals surface area contributed by atoms with Gasteiger partial charge in [-0.2, -0.15) is 0 Å². The van der Waals surface area contributed by atoms with Crippen molar-refractivity contribution >= 4 is 34.0 Å². The third kappa shape index (κ3) is 2.30. The zero-order valence-corrected chi connectivity index (χ0v) is 10.0. The molecule has 0 spiro atoms. The molecule has 1 aliphatic rings. The summed E-state index contributed by atoms with van der Waals surface area (Å²) >= 11 is 2.29. The summed E-state index contributed by atoms with van der Waals surface area (Å²) in [6, 6.07) is 6.15. The van der Waals surface area contributed by atoms with Crippen LogP contribution in [0.5, 0.6) is 0 Å². The fourth-order valence-electron chi connectivity index (χ4n) is 1.60. The first-order valence-corrected chi connectivity index (χ1v) is 5.72. The van der Waals surface area contributed by atoms with E-state index in [9.17, 15) is 0 Å². The van der Waals surface area contributed by atoms with Gasteiger partial charge < -0.3 is 15.4 Å². The average Bonchev–Trinajstić information content (AvgIpc) is 2.18. The molecule has 4 heteroatoms. The van der Waals surface area contributed by atoms with Crippen LogP contribution in [0, 0.1) is 3.57 Å². The molecule has 1 aromatic carbocycles. The maximum absolute atomic E-state index is 5.80. The maximum Gasteiger partial charge on any atom is 0.0642 e. The zero-order chi connectivity index (χ0) is 9.97. The number of nitrogens with zero attached hydrogens (tertiary/aromatic N) is 1. The van der Waals surface area contributed by atoms with Crippen LogP contribution in [0.25, 0.3) is 0 Å². The number of hydrogen-bond acceptors (Lipinski definition) is 3. The van der Waals surface area contributed by atoms with Gasteiger partial charge in [0.05, 0.1) is 13.2 Å². The lowest BCUT2D eigenvalue weighted by molar-refractivity contribution is 0.122. The van der Waals surface area contributed by atoms with Gasteiger partial charge in [-0.1, -0.05) is 0 Å². The molecule has 0 atom stereocenters. The van der Waals surface area contributed by atoms with Crippen LogP contribution in [0.2, 0.25) is 0 Å². The highest BCUT2D eigenvalue weighted by Gasteiger charge is 2.11. The van der Waals surface area contributed by atoms with Crippen LogP contribution in [-0.4, -0.2) is 26.3 Å². The molecular formula is C10H13IN2O. The molecular weight excluding hydrogens is 291 g/mol. The van der Waals surface area contributed by atoms with Gasteiger partial charge in [-0.05, 0) is 40.8 Å². The molecule has 0 aromatic heterocycles. The van der Waals surface area contributed by atoms with Crippen molar-refractivity contribution in [1.29, 1.82) is 0 Å². The van der Waals surface area contributed by atoms with Gasteiger partial charge in [-0.15, -0.1) is 0 Å². The molecule has 1 saturated heterocycles. The summed E-state index contributed by atoms with van der Waals surface area (Å²) in [5.74, 6) is 0. The predicted molar refractivity (Wildman–Crippen MR) is 66.6 cm³/mol. The first-order chi connectivity index (χ1) is 6.75. The van der Waals surface area contributed by atoms with Crippen molar-refractivity contribution in [3.05, 3.63) is 21.8 Å². The third-order valence-corrected chi connectivity index (χ3v) is 2.90. The molecule has 0 unspecified atom stereocenters. The highest BCUT2D eigenvalue weighted by Crippen LogP contribution is 2.22. The van der Waals surface area contributed by atoms with Crippen LogP contribution in [-0.2, 0) is 4.74 Å². The highest BCUT2D eigenvalue weighted by molar-refractivity contribution is 14.1. The minimum atomic E-state index is 0.811. The molecule has 2 N–H and O–H groups in total. The van der Waals surface area contributed by atoms with Crippen molar-refractivity contribution in [3.8, 4) is 0 Å². The number of rotatable bonds is 1. The lowest BCUT2D eigenvalue weighted by atomic mass is 10.2. The van der Waals surface area contributed by atoms with Crippen LogP contribution in [0.1, 0.15) is 0 Å². The number of hydrogen-bond donors (Lipinski definition) is 1. The van der Waals surface area contributed by atoms with Crippen LogP contribution in [0.3, 0.4) is 0 Å². The van der Waals surface area contributed by atoms with E-state index in [1.54, 1.807) is 0 Å². The van der Waals surface area contributed by atoms with E-state index in [0.29, 0.717) is 0 Å². The molecule has 1 fully saturated rings. The van der Waals surface area contributed by atoms with Crippen LogP contribution in [0.4, 0.5) is 11.4 Å². The topological polar surface area (TPSA) is 38.5 Å². The van der Waals surface area contributed by atoms with E-state index in [4.69, 9.17) is 10.5 Å². The van der Waals surface area contributed by atoms with E-state index in [1.165, 1.54) is 9.26 Å². The Balaban J connectivity index is 2.21. The van der Waals surface area contributed by atoms with Gasteiger partial charge in [0.1, 0.15) is 0 Å². The average molecular weight is 304 g/mol. The molecule has 1 aliphatic heterocycles. The van der Waals surface area contributed by atoms with Crippen molar-refractivity contribution in [2.45, 2.75) is 0 Å². The van der Waals surface area contributed by atoms with Gasteiger partial charge >= 0.3 is 0 Å². The summed E-state index contributed by atoms with van der Waals surface area (Å²) in [7, 11) is 0. The summed E-state index contributed by atoms with van der Waals surface area (Å²) in [6.07, 6.45) is 0. The molecule has 3 nitrogen and oxygen atoms in total. The lowest BCUT2D eigenvalue weighted by Crippen LogP contribution is -2.36. The van der Waals surface area contributed by atoms with Crippen molar-refractivity contribution < 1.29 is 4.74 Å². The first-order valence-electron chi connectivity index (χ1n) is 4.64. The van der Waals surface area contributed by atoms with Gasteiger partial charge in [0, 0.05) is 28.0 Å². The quantitative estimate of drug-likeness (QED) is 0.634. The van der Waals surface area contributed by atoms with Crippen LogP contribution < -0.4 is 10.6 Å². The summed E-state index contributed by atoms with van der Waals surface area (Å²) in [5.41, 5.74) is 7.84. The third-order valence-electron chi connectivity index (χ3n) is 2.28. The monoisotopic (exact) mass is 304 g/mol. The largest absolute Gasteiger partial charge is 0.399 e. The second kappa shape index (κ2) is 4.35. The molecule has 1 heterocycles. The number of ether oxygens (including phenoxy) is 1. The Morgan fingerprint density at radius 1 is 1.21 bits per heavy atom. The zero-order valence-electron chi connectivity index (χ0n) is 7.87. The van der Waals surface area contributed by atoms with Gasteiger partial charge in [0.15, 0.2) is 0 Å². The fraction of sp³-hybridized carbons (Fsp3) is 0.400. The Bertz CT molecular complexity index is 304. The molecule has 14 heavy (non-hydrogen) atoms. The van der Waals surface area contributed by atoms with Gasteiger partial charge in [-0.25, -0.2) is 0 Å². The van der Waals surface area contributed by atoms with E-state index < -0.39 is 0 Å². The summed E-state index contributed by atoms with van der Waals surface area (Å²) in [4.78, 5) is 2.31. The number of nitrogen functional groups attached to an aromatic ring is 1. The second-order valence-electron chi connectivity index (χ2n) is 3.34. The Morgan fingerprint density at radius 3 is 2.57 bits per heavy atom. The smallest absolute Gasteiger partial charge is 0.0642 e. The number of anilines is 2. The number of nitrogens with two attached hydrogens (primary N) is 1. The van der Waals surface area contributed by atoms with E-state index in [0.717, 1.165) is 32.0 Å². The minimum Gasteiger partial charge on any atom is -0.399 e. The van der Waals surface area contributed by atoms with Crippen molar-refractivity contribution in [2.24, 2.45) is 0 Å². The van der Waals surface area contributed by atoms with Crippen LogP contribution >= 0.6 is 22.6 Å². The molecule has 2 rings (SSSR count). The first kappa shape index (κ1) is 10.0. The standard InChI is InChI=1S/C10H13IN2O/c11-8-5-9(12)7-10(6-8)13-1-3-14-4-2-13/h5-7H,1-4,12H2. The fourth-order valence-corrected chi connectivity index (χ4v) is 2.28. The molecule has 0 amide bonds. The van der Waals surface area contributed by atoms with Crippen molar-refractivity contribution in [3.63, 3.8) is 0 Å². The number of benzene rings is 1. The van der Waals surface area contributed by atoms with Gasteiger partial charge in [0.25, 0.3) is 0 Å². The Morgan fingerprint density at radius 2 is 1.93 bits per heavy atom. The van der Waals surface area contributed by atoms with Crippen molar-refractivity contribution in [2.75, 3.05) is 36.9 Å². The molecule has 0 bridgehead atoms. The Kier molecular flexibility index (Phi) is 3.12. The predicted octanol–water partition coefficient (Wildman–Crippen LogP) is 1.71. The summed E-state index contributed by atoms with van der Waals surface area (Å²) < 4.78 is 6.49. The van der Waals surface area contributed by atoms with Gasteiger partial charge in [-0.3, -0.25) is 0 Å². The van der Waals surface area contributed by atoms with Gasteiger partial charge in [0.2, 0.25) is 0 Å². The summed E-state index contributed by atoms with van der Waals surface area (Å²) in [6.45, 7) is 3.54. The number of halogens is 1. The van der Waals surface area contributed by atoms with Crippen LogP contribution in [0.15, 0.2) is 18.2 Å². The van der Waals surface area contributed by atoms with E-state index in [1.807, 2.05) is 12.1 Å². The van der Waals surface area contributed by atoms with E-state index in [2.05, 4.69) is 33.6 Å².